The van der Waals surface area contributed by atoms with Crippen LogP contribution in [-0.2, 0) is 6.54 Å². The SMILES string of the molecule is CCCCCNc1nncc(N(Cc2ccccc2)C(C)C)n1. The minimum absolute atomic E-state index is 0.333. The van der Waals surface area contributed by atoms with Gasteiger partial charge in [0.05, 0.1) is 6.20 Å². The molecule has 0 aliphatic rings. The maximum atomic E-state index is 4.63. The van der Waals surface area contributed by atoms with Crippen LogP contribution in [0.2, 0.25) is 0 Å². The van der Waals surface area contributed by atoms with Crippen molar-refractivity contribution >= 4 is 11.8 Å². The smallest absolute Gasteiger partial charge is 0.244 e. The Labute approximate surface area is 139 Å². The number of nitrogens with zero attached hydrogens (tertiary/aromatic N) is 4. The van der Waals surface area contributed by atoms with Crippen molar-refractivity contribution in [3.05, 3.63) is 42.1 Å². The number of hydrogen-bond acceptors (Lipinski definition) is 5. The summed E-state index contributed by atoms with van der Waals surface area (Å²) in [6.07, 6.45) is 5.29. The number of anilines is 2. The molecule has 0 spiro atoms. The Kier molecular flexibility index (Phi) is 6.78. The van der Waals surface area contributed by atoms with Gasteiger partial charge in [0.1, 0.15) is 0 Å². The summed E-state index contributed by atoms with van der Waals surface area (Å²) in [6, 6.07) is 10.8. The topological polar surface area (TPSA) is 53.9 Å². The van der Waals surface area contributed by atoms with E-state index in [1.54, 1.807) is 6.20 Å². The molecule has 0 fully saturated rings. The van der Waals surface area contributed by atoms with Crippen molar-refractivity contribution in [3.8, 4) is 0 Å². The number of aromatic nitrogens is 3. The van der Waals surface area contributed by atoms with Crippen LogP contribution in [0.1, 0.15) is 45.6 Å². The Morgan fingerprint density at radius 1 is 1.13 bits per heavy atom. The third-order valence-electron chi connectivity index (χ3n) is 3.72. The van der Waals surface area contributed by atoms with E-state index < -0.39 is 0 Å². The van der Waals surface area contributed by atoms with Crippen molar-refractivity contribution in [2.75, 3.05) is 16.8 Å². The lowest BCUT2D eigenvalue weighted by Gasteiger charge is -2.27. The zero-order chi connectivity index (χ0) is 16.5. The van der Waals surface area contributed by atoms with Crippen molar-refractivity contribution in [2.24, 2.45) is 0 Å². The molecule has 0 saturated carbocycles. The van der Waals surface area contributed by atoms with E-state index in [0.29, 0.717) is 12.0 Å². The molecular formula is C18H27N5. The van der Waals surface area contributed by atoms with Crippen molar-refractivity contribution in [3.63, 3.8) is 0 Å². The zero-order valence-electron chi connectivity index (χ0n) is 14.4. The lowest BCUT2D eigenvalue weighted by Crippen LogP contribution is -2.31. The second-order valence-corrected chi connectivity index (χ2v) is 5.98. The summed E-state index contributed by atoms with van der Waals surface area (Å²) in [5.74, 6) is 1.47. The third-order valence-corrected chi connectivity index (χ3v) is 3.72. The van der Waals surface area contributed by atoms with E-state index in [1.165, 1.54) is 18.4 Å². The molecule has 0 aliphatic heterocycles. The standard InChI is InChI=1S/C18H27N5/c1-4-5-9-12-19-18-21-17(13-20-22-18)23(15(2)3)14-16-10-7-6-8-11-16/h6-8,10-11,13,15H,4-5,9,12,14H2,1-3H3,(H,19,21,22). The van der Waals surface area contributed by atoms with Gasteiger partial charge in [-0.05, 0) is 25.8 Å². The minimum atomic E-state index is 0.333. The first-order valence-corrected chi connectivity index (χ1v) is 8.45. The fraction of sp³-hybridized carbons (Fsp3) is 0.500. The first-order valence-electron chi connectivity index (χ1n) is 8.45. The molecule has 0 saturated heterocycles. The minimum Gasteiger partial charge on any atom is -0.353 e. The van der Waals surface area contributed by atoms with Gasteiger partial charge >= 0.3 is 0 Å². The lowest BCUT2D eigenvalue weighted by molar-refractivity contribution is 0.666. The summed E-state index contributed by atoms with van der Waals surface area (Å²) in [6.45, 7) is 8.23. The maximum Gasteiger partial charge on any atom is 0.244 e. The Morgan fingerprint density at radius 3 is 2.61 bits per heavy atom. The molecule has 1 N–H and O–H groups in total. The average Bonchev–Trinajstić information content (AvgIpc) is 2.57. The average molecular weight is 313 g/mol. The molecule has 0 radical (unpaired) electrons. The molecule has 5 heteroatoms. The van der Waals surface area contributed by atoms with Crippen LogP contribution in [0.3, 0.4) is 0 Å². The predicted molar refractivity (Wildman–Crippen MR) is 95.6 cm³/mol. The number of nitrogens with one attached hydrogen (secondary N) is 1. The van der Waals surface area contributed by atoms with Crippen molar-refractivity contribution < 1.29 is 0 Å². The van der Waals surface area contributed by atoms with Gasteiger partial charge < -0.3 is 10.2 Å². The van der Waals surface area contributed by atoms with Crippen LogP contribution >= 0.6 is 0 Å². The first-order chi connectivity index (χ1) is 11.2. The number of unbranched alkanes of at least 4 members (excludes halogenated alkanes) is 2. The van der Waals surface area contributed by atoms with Crippen molar-refractivity contribution in [1.29, 1.82) is 0 Å². The fourth-order valence-corrected chi connectivity index (χ4v) is 2.39. The quantitative estimate of drug-likeness (QED) is 0.712. The molecule has 0 aliphatic carbocycles. The molecule has 0 amide bonds. The predicted octanol–water partition coefficient (Wildman–Crippen LogP) is 3.89. The molecule has 0 atom stereocenters. The molecule has 2 aromatic rings. The number of rotatable bonds is 9. The summed E-state index contributed by atoms with van der Waals surface area (Å²) >= 11 is 0. The van der Waals surface area contributed by atoms with Crippen LogP contribution in [0, 0.1) is 0 Å². The maximum absolute atomic E-state index is 4.63. The molecule has 1 heterocycles. The van der Waals surface area contributed by atoms with Gasteiger partial charge in [0.15, 0.2) is 5.82 Å². The Hall–Kier alpha value is -2.17. The van der Waals surface area contributed by atoms with E-state index in [0.717, 1.165) is 25.3 Å². The highest BCUT2D eigenvalue weighted by molar-refractivity contribution is 5.42. The molecule has 124 valence electrons. The molecule has 0 unspecified atom stereocenters. The van der Waals surface area contributed by atoms with Gasteiger partial charge in [-0.1, -0.05) is 50.1 Å². The van der Waals surface area contributed by atoms with Gasteiger partial charge in [-0.25, -0.2) is 0 Å². The monoisotopic (exact) mass is 313 g/mol. The molecule has 23 heavy (non-hydrogen) atoms. The Balaban J connectivity index is 2.06. The van der Waals surface area contributed by atoms with E-state index in [-0.39, 0.29) is 0 Å². The van der Waals surface area contributed by atoms with E-state index in [9.17, 15) is 0 Å². The van der Waals surface area contributed by atoms with Crippen LogP contribution in [0.25, 0.3) is 0 Å². The molecular weight excluding hydrogens is 286 g/mol. The van der Waals surface area contributed by atoms with Crippen LogP contribution in [0.15, 0.2) is 36.5 Å². The van der Waals surface area contributed by atoms with Gasteiger partial charge in [0, 0.05) is 19.1 Å². The zero-order valence-corrected chi connectivity index (χ0v) is 14.4. The van der Waals surface area contributed by atoms with E-state index in [2.05, 4.69) is 70.4 Å². The largest absolute Gasteiger partial charge is 0.353 e. The summed E-state index contributed by atoms with van der Waals surface area (Å²) in [5.41, 5.74) is 1.26. The summed E-state index contributed by atoms with van der Waals surface area (Å²) in [4.78, 5) is 6.87. The highest BCUT2D eigenvalue weighted by Gasteiger charge is 2.14. The van der Waals surface area contributed by atoms with E-state index >= 15 is 0 Å². The van der Waals surface area contributed by atoms with E-state index in [1.807, 2.05) is 6.07 Å². The summed E-state index contributed by atoms with van der Waals surface area (Å²) in [7, 11) is 0. The van der Waals surface area contributed by atoms with Crippen molar-refractivity contribution in [2.45, 2.75) is 52.6 Å². The highest BCUT2D eigenvalue weighted by Crippen LogP contribution is 2.17. The van der Waals surface area contributed by atoms with Crippen LogP contribution in [-0.4, -0.2) is 27.8 Å². The highest BCUT2D eigenvalue weighted by atomic mass is 15.3. The van der Waals surface area contributed by atoms with Crippen LogP contribution in [0.5, 0.6) is 0 Å². The first kappa shape index (κ1) is 17.2. The fourth-order valence-electron chi connectivity index (χ4n) is 2.39. The van der Waals surface area contributed by atoms with Gasteiger partial charge in [-0.3, -0.25) is 0 Å². The third kappa shape index (κ3) is 5.51. The van der Waals surface area contributed by atoms with Crippen LogP contribution < -0.4 is 10.2 Å². The molecule has 2 rings (SSSR count). The normalized spacial score (nSPS) is 10.8. The summed E-state index contributed by atoms with van der Waals surface area (Å²) < 4.78 is 0. The Bertz CT molecular complexity index is 571. The van der Waals surface area contributed by atoms with Gasteiger partial charge in [-0.15, -0.1) is 5.10 Å². The number of hydrogen-bond donors (Lipinski definition) is 1. The molecule has 1 aromatic heterocycles. The molecule has 0 bridgehead atoms. The van der Waals surface area contributed by atoms with Crippen molar-refractivity contribution in [1.82, 2.24) is 15.2 Å². The van der Waals surface area contributed by atoms with E-state index in [4.69, 9.17) is 0 Å². The lowest BCUT2D eigenvalue weighted by atomic mass is 10.2. The second-order valence-electron chi connectivity index (χ2n) is 5.98. The van der Waals surface area contributed by atoms with Crippen LogP contribution in [0.4, 0.5) is 11.8 Å². The summed E-state index contributed by atoms with van der Waals surface area (Å²) in [5, 5.41) is 11.5. The Morgan fingerprint density at radius 2 is 1.91 bits per heavy atom. The van der Waals surface area contributed by atoms with Gasteiger partial charge in [0.25, 0.3) is 0 Å². The second kappa shape index (κ2) is 9.08. The number of benzene rings is 1. The van der Waals surface area contributed by atoms with Gasteiger partial charge in [0.2, 0.25) is 5.95 Å². The van der Waals surface area contributed by atoms with Gasteiger partial charge in [-0.2, -0.15) is 10.1 Å². The molecule has 5 nitrogen and oxygen atoms in total. The molecule has 1 aromatic carbocycles.